The normalized spacial score (nSPS) is 20.8. The lowest BCUT2D eigenvalue weighted by Gasteiger charge is -2.46. The average Bonchev–Trinajstić information content (AvgIpc) is 2.34. The third kappa shape index (κ3) is 5.16. The lowest BCUT2D eigenvalue weighted by molar-refractivity contribution is -0.140. The number of carbonyl (C=O) groups excluding carboxylic acids is 1. The highest BCUT2D eigenvalue weighted by molar-refractivity contribution is 6.80. The highest BCUT2D eigenvalue weighted by Crippen LogP contribution is 2.49. The Kier molecular flexibility index (Phi) is 6.74. The smallest absolute Gasteiger partial charge is 0.408 e. The second kappa shape index (κ2) is 7.68. The third-order valence-corrected chi connectivity index (χ3v) is 7.11. The van der Waals surface area contributed by atoms with Crippen molar-refractivity contribution in [2.24, 2.45) is 5.41 Å². The Morgan fingerprint density at radius 3 is 2.23 bits per heavy atom. The molecule has 7 heteroatoms. The molecule has 1 saturated carbocycles. The standard InChI is InChI=1S/C15H28ClNO4Si/c1-11(16)21-14(20)17-10-15(8-6-5-7-9-15)12(13(18)19)22(2,3)4/h11-12H,5-10H2,1-4H3,(H,17,20)(H,18,19). The third-order valence-electron chi connectivity index (χ3n) is 4.43. The first-order valence-electron chi connectivity index (χ1n) is 7.90. The summed E-state index contributed by atoms with van der Waals surface area (Å²) in [5, 5.41) is 12.6. The molecule has 0 aromatic heterocycles. The minimum absolute atomic E-state index is 0.344. The van der Waals surface area contributed by atoms with Crippen LogP contribution in [-0.2, 0) is 9.53 Å². The highest BCUT2D eigenvalue weighted by Gasteiger charge is 2.50. The number of carboxylic acid groups (broad SMARTS) is 1. The average molecular weight is 350 g/mol. The molecule has 1 aliphatic rings. The van der Waals surface area contributed by atoms with Crippen LogP contribution in [0, 0.1) is 5.41 Å². The van der Waals surface area contributed by atoms with E-state index in [1.807, 2.05) is 0 Å². The maximum Gasteiger partial charge on any atom is 0.408 e. The van der Waals surface area contributed by atoms with Gasteiger partial charge in [0.05, 0.1) is 13.6 Å². The van der Waals surface area contributed by atoms with Crippen LogP contribution >= 0.6 is 11.6 Å². The van der Waals surface area contributed by atoms with Gasteiger partial charge in [0.1, 0.15) is 0 Å². The molecule has 0 heterocycles. The van der Waals surface area contributed by atoms with E-state index in [1.165, 1.54) is 0 Å². The molecule has 0 aliphatic heterocycles. The lowest BCUT2D eigenvalue weighted by atomic mass is 9.71. The number of rotatable bonds is 6. The number of carbonyl (C=O) groups is 2. The first-order valence-corrected chi connectivity index (χ1v) is 11.9. The predicted octanol–water partition coefficient (Wildman–Crippen LogP) is 4.04. The van der Waals surface area contributed by atoms with Gasteiger partial charge in [0.15, 0.2) is 5.56 Å². The van der Waals surface area contributed by atoms with Gasteiger partial charge in [-0.2, -0.15) is 0 Å². The molecule has 2 N–H and O–H groups in total. The van der Waals surface area contributed by atoms with Crippen molar-refractivity contribution in [2.75, 3.05) is 6.54 Å². The summed E-state index contributed by atoms with van der Waals surface area (Å²) in [5.74, 6) is -0.734. The number of alkyl halides is 1. The van der Waals surface area contributed by atoms with Crippen LogP contribution in [0.25, 0.3) is 0 Å². The Balaban J connectivity index is 2.94. The Labute approximate surface area is 138 Å². The number of carboxylic acids is 1. The number of alkyl carbamates (subject to hydrolysis) is 1. The Morgan fingerprint density at radius 1 is 1.27 bits per heavy atom. The fourth-order valence-electron chi connectivity index (χ4n) is 3.81. The largest absolute Gasteiger partial charge is 0.481 e. The number of aliphatic carboxylic acids is 1. The minimum atomic E-state index is -1.93. The van der Waals surface area contributed by atoms with Gasteiger partial charge in [-0.15, -0.1) is 0 Å². The van der Waals surface area contributed by atoms with Crippen molar-refractivity contribution in [3.8, 4) is 0 Å². The molecule has 128 valence electrons. The van der Waals surface area contributed by atoms with E-state index in [-0.39, 0.29) is 11.0 Å². The number of halogens is 1. The minimum Gasteiger partial charge on any atom is -0.481 e. The Hall–Kier alpha value is -0.753. The van der Waals surface area contributed by atoms with Crippen molar-refractivity contribution < 1.29 is 19.4 Å². The Bertz CT molecular complexity index is 403. The van der Waals surface area contributed by atoms with Crippen LogP contribution in [0.5, 0.6) is 0 Å². The molecular weight excluding hydrogens is 322 g/mol. The van der Waals surface area contributed by atoms with Crippen LogP contribution in [0.4, 0.5) is 4.79 Å². The molecule has 2 atom stereocenters. The van der Waals surface area contributed by atoms with Crippen LogP contribution < -0.4 is 5.32 Å². The number of nitrogens with one attached hydrogen (secondary N) is 1. The van der Waals surface area contributed by atoms with Crippen molar-refractivity contribution in [1.29, 1.82) is 0 Å². The fraction of sp³-hybridized carbons (Fsp3) is 0.867. The first kappa shape index (κ1) is 19.3. The zero-order valence-electron chi connectivity index (χ0n) is 13.9. The van der Waals surface area contributed by atoms with Gasteiger partial charge in [-0.25, -0.2) is 4.79 Å². The maximum absolute atomic E-state index is 11.9. The molecule has 5 nitrogen and oxygen atoms in total. The van der Waals surface area contributed by atoms with Crippen LogP contribution in [-0.4, -0.2) is 37.4 Å². The molecule has 0 radical (unpaired) electrons. The number of amides is 1. The zero-order chi connectivity index (χ0) is 17.0. The van der Waals surface area contributed by atoms with Crippen molar-refractivity contribution >= 4 is 31.7 Å². The first-order chi connectivity index (χ1) is 10.1. The molecule has 0 saturated heterocycles. The molecular formula is C15H28ClNO4Si. The summed E-state index contributed by atoms with van der Waals surface area (Å²) in [4.78, 5) is 23.7. The summed E-state index contributed by atoms with van der Waals surface area (Å²) >= 11 is 5.64. The van der Waals surface area contributed by atoms with Gasteiger partial charge in [-0.1, -0.05) is 50.5 Å². The van der Waals surface area contributed by atoms with E-state index in [2.05, 4.69) is 25.0 Å². The summed E-state index contributed by atoms with van der Waals surface area (Å²) < 4.78 is 4.89. The molecule has 0 aromatic carbocycles. The van der Waals surface area contributed by atoms with Gasteiger partial charge in [0.2, 0.25) is 0 Å². The number of ether oxygens (including phenoxy) is 1. The summed E-state index contributed by atoms with van der Waals surface area (Å²) in [7, 11) is -1.93. The number of hydrogen-bond donors (Lipinski definition) is 2. The topological polar surface area (TPSA) is 75.6 Å². The fourth-order valence-corrected chi connectivity index (χ4v) is 6.86. The molecule has 2 unspecified atom stereocenters. The molecule has 0 bridgehead atoms. The summed E-state index contributed by atoms with van der Waals surface area (Å²) in [6.45, 7) is 8.17. The van der Waals surface area contributed by atoms with Crippen LogP contribution in [0.3, 0.4) is 0 Å². The van der Waals surface area contributed by atoms with Crippen molar-refractivity contribution in [3.05, 3.63) is 0 Å². The SMILES string of the molecule is CC(Cl)OC(=O)NCC1(C(C(=O)O)[Si](C)(C)C)CCCCC1. The molecule has 0 aromatic rings. The van der Waals surface area contributed by atoms with E-state index in [9.17, 15) is 14.7 Å². The quantitative estimate of drug-likeness (QED) is 0.560. The van der Waals surface area contributed by atoms with E-state index in [0.29, 0.717) is 6.54 Å². The van der Waals surface area contributed by atoms with Crippen LogP contribution in [0.2, 0.25) is 25.2 Å². The van der Waals surface area contributed by atoms with E-state index in [1.54, 1.807) is 6.92 Å². The maximum atomic E-state index is 11.9. The van der Waals surface area contributed by atoms with E-state index in [0.717, 1.165) is 32.1 Å². The van der Waals surface area contributed by atoms with Gasteiger partial charge in [0.25, 0.3) is 0 Å². The second-order valence-electron chi connectivity index (χ2n) is 7.36. The molecule has 1 amide bonds. The summed E-state index contributed by atoms with van der Waals surface area (Å²) in [6.07, 6.45) is 4.25. The van der Waals surface area contributed by atoms with Gasteiger partial charge < -0.3 is 15.2 Å². The van der Waals surface area contributed by atoms with Crippen molar-refractivity contribution in [3.63, 3.8) is 0 Å². The van der Waals surface area contributed by atoms with Gasteiger partial charge in [0, 0.05) is 6.54 Å². The number of hydrogen-bond acceptors (Lipinski definition) is 3. The summed E-state index contributed by atoms with van der Waals surface area (Å²) in [6, 6.07) is 0. The van der Waals surface area contributed by atoms with Gasteiger partial charge in [-0.05, 0) is 25.2 Å². The van der Waals surface area contributed by atoms with Crippen molar-refractivity contribution in [2.45, 2.75) is 69.8 Å². The van der Waals surface area contributed by atoms with Crippen LogP contribution in [0.1, 0.15) is 39.0 Å². The van der Waals surface area contributed by atoms with Crippen LogP contribution in [0.15, 0.2) is 0 Å². The Morgan fingerprint density at radius 2 is 1.82 bits per heavy atom. The van der Waals surface area contributed by atoms with E-state index in [4.69, 9.17) is 16.3 Å². The van der Waals surface area contributed by atoms with E-state index >= 15 is 0 Å². The van der Waals surface area contributed by atoms with E-state index < -0.39 is 25.7 Å². The zero-order valence-corrected chi connectivity index (χ0v) is 15.7. The molecule has 1 fully saturated rings. The monoisotopic (exact) mass is 349 g/mol. The summed E-state index contributed by atoms with van der Waals surface area (Å²) in [5.41, 5.74) is -1.45. The molecule has 0 spiro atoms. The second-order valence-corrected chi connectivity index (χ2v) is 13.3. The van der Waals surface area contributed by atoms with Gasteiger partial charge in [-0.3, -0.25) is 4.79 Å². The van der Waals surface area contributed by atoms with Crippen molar-refractivity contribution in [1.82, 2.24) is 5.32 Å². The predicted molar refractivity (Wildman–Crippen MR) is 90.0 cm³/mol. The molecule has 1 rings (SSSR count). The lowest BCUT2D eigenvalue weighted by Crippen LogP contribution is -2.51. The molecule has 1 aliphatic carbocycles. The highest BCUT2D eigenvalue weighted by atomic mass is 35.5. The molecule has 22 heavy (non-hydrogen) atoms. The van der Waals surface area contributed by atoms with Gasteiger partial charge >= 0.3 is 12.1 Å².